The van der Waals surface area contributed by atoms with Crippen LogP contribution in [0.5, 0.6) is 5.75 Å². The molecule has 0 unspecified atom stereocenters. The lowest BCUT2D eigenvalue weighted by Gasteiger charge is -2.11. The van der Waals surface area contributed by atoms with Crippen LogP contribution < -0.4 is 10.1 Å². The average molecular weight is 320 g/mol. The van der Waals surface area contributed by atoms with Crippen LogP contribution in [0.1, 0.15) is 27.2 Å². The summed E-state index contributed by atoms with van der Waals surface area (Å²) in [5, 5.41) is 3.86. The van der Waals surface area contributed by atoms with Gasteiger partial charge >= 0.3 is 0 Å². The molecule has 2 aromatic carbocycles. The fourth-order valence-corrected chi connectivity index (χ4v) is 2.75. The number of benzene rings is 2. The molecule has 1 heterocycles. The van der Waals surface area contributed by atoms with Gasteiger partial charge in [0.05, 0.1) is 23.9 Å². The van der Waals surface area contributed by atoms with E-state index in [9.17, 15) is 4.79 Å². The maximum atomic E-state index is 12.7. The molecule has 0 bridgehead atoms. The van der Waals surface area contributed by atoms with Crippen LogP contribution >= 0.6 is 0 Å². The lowest BCUT2D eigenvalue weighted by atomic mass is 10.1. The van der Waals surface area contributed by atoms with Gasteiger partial charge in [-0.1, -0.05) is 17.7 Å². The van der Waals surface area contributed by atoms with Gasteiger partial charge in [0.15, 0.2) is 0 Å². The highest BCUT2D eigenvalue weighted by atomic mass is 16.5. The first kappa shape index (κ1) is 16.0. The zero-order valence-electron chi connectivity index (χ0n) is 14.3. The molecule has 0 aliphatic rings. The summed E-state index contributed by atoms with van der Waals surface area (Å²) >= 11 is 0. The summed E-state index contributed by atoms with van der Waals surface area (Å²) in [6.07, 6.45) is 0. The molecule has 1 amide bonds. The molecule has 0 aliphatic carbocycles. The van der Waals surface area contributed by atoms with E-state index in [2.05, 4.69) is 10.3 Å². The SMILES string of the molecule is COc1ccc2nc(C)c(C(=O)Nc3ccc(C)cc3C)cc2c1. The minimum atomic E-state index is -0.156. The maximum Gasteiger partial charge on any atom is 0.257 e. The van der Waals surface area contributed by atoms with E-state index in [1.165, 1.54) is 5.56 Å². The van der Waals surface area contributed by atoms with E-state index >= 15 is 0 Å². The third-order valence-corrected chi connectivity index (χ3v) is 4.09. The smallest absolute Gasteiger partial charge is 0.257 e. The van der Waals surface area contributed by atoms with Crippen molar-refractivity contribution in [3.63, 3.8) is 0 Å². The van der Waals surface area contributed by atoms with Gasteiger partial charge in [-0.05, 0) is 56.7 Å². The largest absolute Gasteiger partial charge is 0.497 e. The lowest BCUT2D eigenvalue weighted by Crippen LogP contribution is -2.15. The van der Waals surface area contributed by atoms with Crippen molar-refractivity contribution < 1.29 is 9.53 Å². The van der Waals surface area contributed by atoms with E-state index in [4.69, 9.17) is 4.74 Å². The van der Waals surface area contributed by atoms with Gasteiger partial charge in [0, 0.05) is 11.1 Å². The number of aromatic nitrogens is 1. The number of pyridine rings is 1. The standard InChI is InChI=1S/C20H20N2O2/c1-12-5-7-18(13(2)9-12)22-20(23)17-11-15-10-16(24-4)6-8-19(15)21-14(17)3/h5-11H,1-4H3,(H,22,23). The van der Waals surface area contributed by atoms with E-state index in [0.29, 0.717) is 11.3 Å². The number of nitrogens with one attached hydrogen (secondary N) is 1. The molecule has 1 N–H and O–H groups in total. The van der Waals surface area contributed by atoms with E-state index in [1.54, 1.807) is 7.11 Å². The minimum absolute atomic E-state index is 0.156. The topological polar surface area (TPSA) is 51.2 Å². The van der Waals surface area contributed by atoms with Crippen molar-refractivity contribution >= 4 is 22.5 Å². The third kappa shape index (κ3) is 3.08. The molecule has 24 heavy (non-hydrogen) atoms. The van der Waals surface area contributed by atoms with Crippen LogP contribution in [-0.2, 0) is 0 Å². The molecule has 3 aromatic rings. The van der Waals surface area contributed by atoms with Crippen molar-refractivity contribution in [2.24, 2.45) is 0 Å². The molecule has 0 fully saturated rings. The fourth-order valence-electron chi connectivity index (χ4n) is 2.75. The number of ether oxygens (including phenoxy) is 1. The number of methoxy groups -OCH3 is 1. The summed E-state index contributed by atoms with van der Waals surface area (Å²) in [6, 6.07) is 13.5. The second kappa shape index (κ2) is 6.32. The van der Waals surface area contributed by atoms with Gasteiger partial charge < -0.3 is 10.1 Å². The molecule has 4 nitrogen and oxygen atoms in total. The predicted molar refractivity (Wildman–Crippen MR) is 96.9 cm³/mol. The fraction of sp³-hybridized carbons (Fsp3) is 0.200. The first-order valence-electron chi connectivity index (χ1n) is 7.82. The van der Waals surface area contributed by atoms with Crippen LogP contribution in [0.3, 0.4) is 0 Å². The van der Waals surface area contributed by atoms with Crippen molar-refractivity contribution in [3.8, 4) is 5.75 Å². The average Bonchev–Trinajstić information content (AvgIpc) is 2.56. The van der Waals surface area contributed by atoms with Crippen LogP contribution in [0.15, 0.2) is 42.5 Å². The number of nitrogens with zero attached hydrogens (tertiary/aromatic N) is 1. The van der Waals surface area contributed by atoms with Gasteiger partial charge in [0.1, 0.15) is 5.75 Å². The lowest BCUT2D eigenvalue weighted by molar-refractivity contribution is 0.102. The Morgan fingerprint density at radius 3 is 2.54 bits per heavy atom. The first-order chi connectivity index (χ1) is 11.5. The molecule has 122 valence electrons. The summed E-state index contributed by atoms with van der Waals surface area (Å²) < 4.78 is 5.25. The van der Waals surface area contributed by atoms with Crippen LogP contribution in [0.2, 0.25) is 0 Å². The molecule has 0 spiro atoms. The highest BCUT2D eigenvalue weighted by molar-refractivity contribution is 6.07. The Morgan fingerprint density at radius 1 is 1.04 bits per heavy atom. The predicted octanol–water partition coefficient (Wildman–Crippen LogP) is 4.42. The van der Waals surface area contributed by atoms with Gasteiger partial charge in [-0.3, -0.25) is 9.78 Å². The second-order valence-electron chi connectivity index (χ2n) is 5.95. The number of hydrogen-bond acceptors (Lipinski definition) is 3. The molecule has 0 aliphatic heterocycles. The van der Waals surface area contributed by atoms with Crippen molar-refractivity contribution in [3.05, 3.63) is 64.8 Å². The number of fused-ring (bicyclic) bond motifs is 1. The summed E-state index contributed by atoms with van der Waals surface area (Å²) in [4.78, 5) is 17.2. The Balaban J connectivity index is 1.98. The van der Waals surface area contributed by atoms with Gasteiger partial charge in [-0.25, -0.2) is 0 Å². The Labute approximate surface area is 141 Å². The van der Waals surface area contributed by atoms with E-state index < -0.39 is 0 Å². The zero-order valence-corrected chi connectivity index (χ0v) is 14.3. The second-order valence-corrected chi connectivity index (χ2v) is 5.95. The molecule has 4 heteroatoms. The Hall–Kier alpha value is -2.88. The number of carbonyl (C=O) groups is 1. The van der Waals surface area contributed by atoms with E-state index in [0.717, 1.165) is 27.9 Å². The Bertz CT molecular complexity index is 932. The van der Waals surface area contributed by atoms with Crippen LogP contribution in [0.4, 0.5) is 5.69 Å². The summed E-state index contributed by atoms with van der Waals surface area (Å²) in [6.45, 7) is 5.86. The normalized spacial score (nSPS) is 10.7. The quantitative estimate of drug-likeness (QED) is 0.777. The third-order valence-electron chi connectivity index (χ3n) is 4.09. The van der Waals surface area contributed by atoms with Gasteiger partial charge in [-0.2, -0.15) is 0 Å². The molecule has 0 radical (unpaired) electrons. The number of anilines is 1. The highest BCUT2D eigenvalue weighted by Gasteiger charge is 2.13. The van der Waals surface area contributed by atoms with Gasteiger partial charge in [0.2, 0.25) is 0 Å². The minimum Gasteiger partial charge on any atom is -0.497 e. The van der Waals surface area contributed by atoms with Crippen molar-refractivity contribution in [2.75, 3.05) is 12.4 Å². The number of hydrogen-bond donors (Lipinski definition) is 1. The molecule has 0 saturated heterocycles. The number of carbonyl (C=O) groups excluding carboxylic acids is 1. The highest BCUT2D eigenvalue weighted by Crippen LogP contribution is 2.23. The molecular weight excluding hydrogens is 300 g/mol. The summed E-state index contributed by atoms with van der Waals surface area (Å²) in [5.74, 6) is 0.588. The molecule has 3 rings (SSSR count). The van der Waals surface area contributed by atoms with E-state index in [-0.39, 0.29) is 5.91 Å². The van der Waals surface area contributed by atoms with E-state index in [1.807, 2.05) is 63.2 Å². The van der Waals surface area contributed by atoms with Crippen LogP contribution in [0.25, 0.3) is 10.9 Å². The molecule has 1 aromatic heterocycles. The van der Waals surface area contributed by atoms with Crippen LogP contribution in [-0.4, -0.2) is 18.0 Å². The van der Waals surface area contributed by atoms with Gasteiger partial charge in [0.25, 0.3) is 5.91 Å². The number of aryl methyl sites for hydroxylation is 3. The van der Waals surface area contributed by atoms with Crippen molar-refractivity contribution in [2.45, 2.75) is 20.8 Å². The summed E-state index contributed by atoms with van der Waals surface area (Å²) in [5.41, 5.74) is 5.13. The van der Waals surface area contributed by atoms with Crippen LogP contribution in [0, 0.1) is 20.8 Å². The molecule has 0 atom stereocenters. The van der Waals surface area contributed by atoms with Crippen molar-refractivity contribution in [1.29, 1.82) is 0 Å². The Kier molecular flexibility index (Phi) is 4.21. The maximum absolute atomic E-state index is 12.7. The molecular formula is C20H20N2O2. The molecule has 0 saturated carbocycles. The van der Waals surface area contributed by atoms with Gasteiger partial charge in [-0.15, -0.1) is 0 Å². The Morgan fingerprint density at radius 2 is 1.83 bits per heavy atom. The zero-order chi connectivity index (χ0) is 17.3. The number of rotatable bonds is 3. The first-order valence-corrected chi connectivity index (χ1v) is 7.82. The summed E-state index contributed by atoms with van der Waals surface area (Å²) in [7, 11) is 1.62. The number of amides is 1. The monoisotopic (exact) mass is 320 g/mol. The van der Waals surface area contributed by atoms with Crippen molar-refractivity contribution in [1.82, 2.24) is 4.98 Å².